The fourth-order valence-electron chi connectivity index (χ4n) is 1.97. The van der Waals surface area contributed by atoms with Crippen LogP contribution in [0.25, 0.3) is 4.85 Å². The van der Waals surface area contributed by atoms with Crippen molar-refractivity contribution in [3.05, 3.63) is 23.3 Å². The first-order chi connectivity index (χ1) is 6.38. The molecule has 0 aliphatic heterocycles. The Hall–Kier alpha value is -0.970. The van der Waals surface area contributed by atoms with E-state index in [0.29, 0.717) is 12.5 Å². The van der Waals surface area contributed by atoms with Crippen molar-refractivity contribution in [1.29, 1.82) is 0 Å². The molecular formula is C11H17NO. The Balaban J connectivity index is 2.47. The molecule has 2 heteroatoms. The van der Waals surface area contributed by atoms with Crippen molar-refractivity contribution in [1.82, 2.24) is 0 Å². The highest BCUT2D eigenvalue weighted by Crippen LogP contribution is 2.31. The monoisotopic (exact) mass is 179 g/mol. The smallest absolute Gasteiger partial charge is 0.215 e. The Morgan fingerprint density at radius 2 is 2.46 bits per heavy atom. The maximum atomic E-state index is 6.76. The van der Waals surface area contributed by atoms with Crippen LogP contribution in [0.15, 0.2) is 11.8 Å². The molecule has 1 fully saturated rings. The van der Waals surface area contributed by atoms with Crippen molar-refractivity contribution in [2.24, 2.45) is 5.92 Å². The lowest BCUT2D eigenvalue weighted by molar-refractivity contribution is 0.316. The van der Waals surface area contributed by atoms with Crippen molar-refractivity contribution in [3.8, 4) is 0 Å². The first kappa shape index (κ1) is 10.1. The zero-order chi connectivity index (χ0) is 9.52. The summed E-state index contributed by atoms with van der Waals surface area (Å²) < 4.78 is 5.05. The fourth-order valence-corrected chi connectivity index (χ4v) is 1.97. The largest absolute Gasteiger partial charge is 0.504 e. The van der Waals surface area contributed by atoms with Gasteiger partial charge >= 0.3 is 0 Å². The molecule has 0 aromatic rings. The summed E-state index contributed by atoms with van der Waals surface area (Å²) in [7, 11) is 1.70. The number of hydrogen-bond donors (Lipinski definition) is 0. The van der Waals surface area contributed by atoms with Crippen molar-refractivity contribution in [2.75, 3.05) is 13.7 Å². The van der Waals surface area contributed by atoms with Gasteiger partial charge in [-0.25, -0.2) is 6.57 Å². The van der Waals surface area contributed by atoms with Gasteiger partial charge in [0.2, 0.25) is 6.54 Å². The van der Waals surface area contributed by atoms with Crippen LogP contribution in [0, 0.1) is 12.5 Å². The average molecular weight is 179 g/mol. The first-order valence-electron chi connectivity index (χ1n) is 4.93. The van der Waals surface area contributed by atoms with E-state index in [4.69, 9.17) is 11.3 Å². The molecule has 0 spiro atoms. The van der Waals surface area contributed by atoms with E-state index in [1.807, 2.05) is 6.26 Å². The summed E-state index contributed by atoms with van der Waals surface area (Å²) in [6, 6.07) is 0. The number of nitrogens with zero attached hydrogens (tertiary/aromatic N) is 1. The van der Waals surface area contributed by atoms with Crippen LogP contribution in [-0.2, 0) is 4.74 Å². The predicted molar refractivity (Wildman–Crippen MR) is 53.1 cm³/mol. The lowest BCUT2D eigenvalue weighted by Crippen LogP contribution is -2.11. The molecule has 1 unspecified atom stereocenters. The van der Waals surface area contributed by atoms with Gasteiger partial charge in [0.25, 0.3) is 0 Å². The van der Waals surface area contributed by atoms with E-state index in [1.165, 1.54) is 24.8 Å². The van der Waals surface area contributed by atoms with Crippen molar-refractivity contribution in [2.45, 2.75) is 32.1 Å². The minimum absolute atomic E-state index is 0.614. The molecule has 1 aliphatic rings. The molecule has 0 heterocycles. The number of methoxy groups -OCH3 is 1. The molecule has 72 valence electrons. The quantitative estimate of drug-likeness (QED) is 0.479. The molecule has 0 N–H and O–H groups in total. The van der Waals surface area contributed by atoms with Crippen LogP contribution in [0.5, 0.6) is 0 Å². The standard InChI is InChI=1S/C11H17NO/c1-12-8-7-10-5-3-4-6-11(10)9-13-2/h9-10H,3-8H2,2H3. The van der Waals surface area contributed by atoms with Crippen LogP contribution in [0.3, 0.4) is 0 Å². The zero-order valence-electron chi connectivity index (χ0n) is 8.25. The van der Waals surface area contributed by atoms with Gasteiger partial charge in [0, 0.05) is 6.42 Å². The molecule has 0 amide bonds. The molecule has 0 saturated heterocycles. The van der Waals surface area contributed by atoms with Crippen LogP contribution in [0.2, 0.25) is 0 Å². The molecule has 1 saturated carbocycles. The Labute approximate surface area is 80.4 Å². The summed E-state index contributed by atoms with van der Waals surface area (Å²) >= 11 is 0. The molecule has 0 aromatic heterocycles. The minimum Gasteiger partial charge on any atom is -0.504 e. The van der Waals surface area contributed by atoms with Gasteiger partial charge in [0.05, 0.1) is 13.4 Å². The average Bonchev–Trinajstić information content (AvgIpc) is 2.17. The van der Waals surface area contributed by atoms with Crippen LogP contribution in [0.4, 0.5) is 0 Å². The third-order valence-corrected chi connectivity index (χ3v) is 2.65. The summed E-state index contributed by atoms with van der Waals surface area (Å²) in [5, 5.41) is 0. The minimum atomic E-state index is 0.614. The molecule has 13 heavy (non-hydrogen) atoms. The third-order valence-electron chi connectivity index (χ3n) is 2.65. The van der Waals surface area contributed by atoms with E-state index in [2.05, 4.69) is 4.85 Å². The van der Waals surface area contributed by atoms with E-state index in [0.717, 1.165) is 12.8 Å². The second-order valence-electron chi connectivity index (χ2n) is 3.54. The van der Waals surface area contributed by atoms with Crippen molar-refractivity contribution >= 4 is 0 Å². The van der Waals surface area contributed by atoms with Crippen LogP contribution in [0.1, 0.15) is 32.1 Å². The van der Waals surface area contributed by atoms with E-state index in [1.54, 1.807) is 7.11 Å². The van der Waals surface area contributed by atoms with E-state index in [9.17, 15) is 0 Å². The van der Waals surface area contributed by atoms with Crippen LogP contribution in [-0.4, -0.2) is 13.7 Å². The highest BCUT2D eigenvalue weighted by atomic mass is 16.5. The number of allylic oxidation sites excluding steroid dienone is 1. The van der Waals surface area contributed by atoms with E-state index >= 15 is 0 Å². The highest BCUT2D eigenvalue weighted by molar-refractivity contribution is 5.06. The maximum absolute atomic E-state index is 6.76. The van der Waals surface area contributed by atoms with Gasteiger partial charge in [0.15, 0.2) is 0 Å². The summed E-state index contributed by atoms with van der Waals surface area (Å²) in [5.74, 6) is 0.614. The number of hydrogen-bond acceptors (Lipinski definition) is 1. The third kappa shape index (κ3) is 3.10. The van der Waals surface area contributed by atoms with Gasteiger partial charge in [-0.3, -0.25) is 0 Å². The maximum Gasteiger partial charge on any atom is 0.215 e. The Kier molecular flexibility index (Phi) is 4.39. The van der Waals surface area contributed by atoms with Gasteiger partial charge in [-0.15, -0.1) is 0 Å². The molecule has 2 nitrogen and oxygen atoms in total. The molecule has 1 atom stereocenters. The second kappa shape index (κ2) is 5.64. The normalized spacial score (nSPS) is 25.5. The topological polar surface area (TPSA) is 13.6 Å². The second-order valence-corrected chi connectivity index (χ2v) is 3.54. The summed E-state index contributed by atoms with van der Waals surface area (Å²) in [6.07, 6.45) is 7.89. The van der Waals surface area contributed by atoms with Gasteiger partial charge in [-0.05, 0) is 30.8 Å². The van der Waals surface area contributed by atoms with Gasteiger partial charge in [-0.2, -0.15) is 0 Å². The van der Waals surface area contributed by atoms with E-state index in [-0.39, 0.29) is 0 Å². The lowest BCUT2D eigenvalue weighted by Gasteiger charge is -2.23. The van der Waals surface area contributed by atoms with Crippen LogP contribution >= 0.6 is 0 Å². The summed E-state index contributed by atoms with van der Waals surface area (Å²) in [5.41, 5.74) is 1.41. The molecule has 1 aliphatic carbocycles. The SMILES string of the molecule is [C-]#[N+]CCC1CCCCC1=COC. The van der Waals surface area contributed by atoms with Gasteiger partial charge in [-0.1, -0.05) is 6.42 Å². The molecular weight excluding hydrogens is 162 g/mol. The Morgan fingerprint density at radius 3 is 3.15 bits per heavy atom. The Bertz CT molecular complexity index is 215. The molecule has 0 bridgehead atoms. The number of ether oxygens (including phenoxy) is 1. The van der Waals surface area contributed by atoms with Crippen molar-refractivity contribution in [3.63, 3.8) is 0 Å². The fraction of sp³-hybridized carbons (Fsp3) is 0.727. The van der Waals surface area contributed by atoms with Crippen LogP contribution < -0.4 is 0 Å². The molecule has 0 radical (unpaired) electrons. The van der Waals surface area contributed by atoms with Gasteiger partial charge in [0.1, 0.15) is 0 Å². The van der Waals surface area contributed by atoms with Crippen molar-refractivity contribution < 1.29 is 4.74 Å². The van der Waals surface area contributed by atoms with E-state index < -0.39 is 0 Å². The Morgan fingerprint density at radius 1 is 1.62 bits per heavy atom. The summed E-state index contributed by atoms with van der Waals surface area (Å²) in [6.45, 7) is 7.42. The number of rotatable bonds is 3. The molecule has 0 aromatic carbocycles. The first-order valence-corrected chi connectivity index (χ1v) is 4.93. The zero-order valence-corrected chi connectivity index (χ0v) is 8.25. The van der Waals surface area contributed by atoms with Gasteiger partial charge < -0.3 is 9.58 Å². The predicted octanol–water partition coefficient (Wildman–Crippen LogP) is 3.02. The highest BCUT2D eigenvalue weighted by Gasteiger charge is 2.19. The molecule has 1 rings (SSSR count). The summed E-state index contributed by atoms with van der Waals surface area (Å²) in [4.78, 5) is 3.41. The lowest BCUT2D eigenvalue weighted by atomic mass is 9.83.